The number of benzene rings is 1. The molecule has 3 aromatic rings. The maximum absolute atomic E-state index is 6.04. The van der Waals surface area contributed by atoms with Crippen LogP contribution in [0.4, 0.5) is 5.69 Å². The number of aryl methyl sites for hydroxylation is 2. The van der Waals surface area contributed by atoms with Crippen LogP contribution < -0.4 is 15.4 Å². The summed E-state index contributed by atoms with van der Waals surface area (Å²) in [4.78, 5) is 8.96. The minimum atomic E-state index is -0.0502. The van der Waals surface area contributed by atoms with Crippen molar-refractivity contribution < 1.29 is 4.74 Å². The molecule has 0 bridgehead atoms. The van der Waals surface area contributed by atoms with Gasteiger partial charge in [-0.15, -0.1) is 5.10 Å². The molecule has 0 atom stereocenters. The van der Waals surface area contributed by atoms with E-state index in [2.05, 4.69) is 62.0 Å². The Labute approximate surface area is 186 Å². The molecule has 1 aliphatic rings. The molecule has 3 heterocycles. The number of nitrogens with zero attached hydrogens (tertiary/aromatic N) is 5. The van der Waals surface area contributed by atoms with E-state index in [4.69, 9.17) is 4.74 Å². The second kappa shape index (κ2) is 8.58. The van der Waals surface area contributed by atoms with Crippen LogP contribution in [0.2, 0.25) is 0 Å². The van der Waals surface area contributed by atoms with Crippen molar-refractivity contribution in [1.29, 1.82) is 0 Å². The summed E-state index contributed by atoms with van der Waals surface area (Å²) in [5.74, 6) is 2.08. The van der Waals surface area contributed by atoms with Gasteiger partial charge in [0, 0.05) is 35.7 Å². The number of aromatic nitrogens is 4. The van der Waals surface area contributed by atoms with Gasteiger partial charge >= 0.3 is 0 Å². The van der Waals surface area contributed by atoms with Gasteiger partial charge < -0.3 is 15.4 Å². The van der Waals surface area contributed by atoms with E-state index < -0.39 is 0 Å². The molecule has 1 aromatic carbocycles. The molecule has 0 aliphatic carbocycles. The van der Waals surface area contributed by atoms with Crippen LogP contribution in [0.1, 0.15) is 44.0 Å². The molecule has 8 nitrogen and oxygen atoms in total. The van der Waals surface area contributed by atoms with Crippen LogP contribution in [-0.2, 0) is 5.41 Å². The first-order chi connectivity index (χ1) is 14.8. The van der Waals surface area contributed by atoms with Gasteiger partial charge in [0.2, 0.25) is 0 Å². The fourth-order valence-corrected chi connectivity index (χ4v) is 3.63. The Balaban J connectivity index is 1.49. The van der Waals surface area contributed by atoms with Crippen LogP contribution in [0.25, 0.3) is 11.5 Å². The lowest BCUT2D eigenvalue weighted by Gasteiger charge is -2.18. The summed E-state index contributed by atoms with van der Waals surface area (Å²) in [6, 6.07) is 7.92. The zero-order chi connectivity index (χ0) is 22.0. The SMILES string of the molecule is Cc1cc(Oc2nc(-c3ccc(C(C)(C)C)nn3)ns2)c(C)cc1NC1=NCCCN1. The average molecular weight is 438 g/mol. The monoisotopic (exact) mass is 437 g/mol. The van der Waals surface area contributed by atoms with Crippen molar-refractivity contribution in [3.05, 3.63) is 41.1 Å². The quantitative estimate of drug-likeness (QED) is 0.622. The lowest BCUT2D eigenvalue weighted by molar-refractivity contribution is 0.475. The first-order valence-corrected chi connectivity index (χ1v) is 11.1. The lowest BCUT2D eigenvalue weighted by atomic mass is 9.92. The number of nitrogens with one attached hydrogen (secondary N) is 2. The minimum absolute atomic E-state index is 0.0502. The molecule has 31 heavy (non-hydrogen) atoms. The number of hydrogen-bond donors (Lipinski definition) is 2. The van der Waals surface area contributed by atoms with Gasteiger partial charge in [-0.2, -0.15) is 14.5 Å². The van der Waals surface area contributed by atoms with Gasteiger partial charge in [0.25, 0.3) is 5.19 Å². The zero-order valence-corrected chi connectivity index (χ0v) is 19.3. The van der Waals surface area contributed by atoms with E-state index in [9.17, 15) is 0 Å². The maximum Gasteiger partial charge on any atom is 0.299 e. The van der Waals surface area contributed by atoms with E-state index in [1.165, 1.54) is 11.5 Å². The molecule has 0 spiro atoms. The van der Waals surface area contributed by atoms with E-state index in [1.54, 1.807) is 0 Å². The zero-order valence-electron chi connectivity index (χ0n) is 18.5. The van der Waals surface area contributed by atoms with Gasteiger partial charge in [-0.05, 0) is 55.7 Å². The smallest absolute Gasteiger partial charge is 0.299 e. The summed E-state index contributed by atoms with van der Waals surface area (Å²) in [6.45, 7) is 12.1. The minimum Gasteiger partial charge on any atom is -0.430 e. The lowest BCUT2D eigenvalue weighted by Crippen LogP contribution is -2.35. The highest BCUT2D eigenvalue weighted by molar-refractivity contribution is 7.07. The molecule has 2 aromatic heterocycles. The Morgan fingerprint density at radius 2 is 1.94 bits per heavy atom. The van der Waals surface area contributed by atoms with E-state index in [0.29, 0.717) is 16.7 Å². The second-order valence-corrected chi connectivity index (χ2v) is 9.32. The van der Waals surface area contributed by atoms with Crippen LogP contribution >= 0.6 is 11.5 Å². The predicted octanol–water partition coefficient (Wildman–Crippen LogP) is 4.46. The van der Waals surface area contributed by atoms with Crippen molar-refractivity contribution in [3.8, 4) is 22.5 Å². The molecule has 4 rings (SSSR count). The Hall–Kier alpha value is -3.07. The summed E-state index contributed by atoms with van der Waals surface area (Å²) in [5, 5.41) is 15.7. The molecule has 0 saturated heterocycles. The predicted molar refractivity (Wildman–Crippen MR) is 124 cm³/mol. The molecule has 0 saturated carbocycles. The number of guanidine groups is 1. The van der Waals surface area contributed by atoms with Gasteiger partial charge in [-0.25, -0.2) is 0 Å². The van der Waals surface area contributed by atoms with Gasteiger partial charge in [0.1, 0.15) is 11.4 Å². The van der Waals surface area contributed by atoms with Crippen molar-refractivity contribution >= 4 is 23.2 Å². The highest BCUT2D eigenvalue weighted by Crippen LogP contribution is 2.32. The maximum atomic E-state index is 6.04. The number of ether oxygens (including phenoxy) is 1. The van der Waals surface area contributed by atoms with E-state index in [1.807, 2.05) is 32.0 Å². The van der Waals surface area contributed by atoms with E-state index in [0.717, 1.165) is 53.7 Å². The van der Waals surface area contributed by atoms with Crippen molar-refractivity contribution in [2.24, 2.45) is 4.99 Å². The topological polar surface area (TPSA) is 97.2 Å². The molecule has 9 heteroatoms. The highest BCUT2D eigenvalue weighted by Gasteiger charge is 2.18. The summed E-state index contributed by atoms with van der Waals surface area (Å²) in [7, 11) is 0. The highest BCUT2D eigenvalue weighted by atomic mass is 32.1. The first kappa shape index (κ1) is 21.2. The van der Waals surface area contributed by atoms with Crippen molar-refractivity contribution in [3.63, 3.8) is 0 Å². The largest absolute Gasteiger partial charge is 0.430 e. The summed E-state index contributed by atoms with van der Waals surface area (Å²) in [5.41, 5.74) is 4.57. The summed E-state index contributed by atoms with van der Waals surface area (Å²) < 4.78 is 10.4. The average Bonchev–Trinajstić information content (AvgIpc) is 3.20. The van der Waals surface area contributed by atoms with Gasteiger partial charge in [-0.3, -0.25) is 4.99 Å². The Bertz CT molecular complexity index is 1100. The van der Waals surface area contributed by atoms with Gasteiger partial charge in [-0.1, -0.05) is 20.8 Å². The molecule has 0 fully saturated rings. The Kier molecular flexibility index (Phi) is 5.86. The molecule has 162 valence electrons. The van der Waals surface area contributed by atoms with Crippen LogP contribution in [0, 0.1) is 13.8 Å². The summed E-state index contributed by atoms with van der Waals surface area (Å²) >= 11 is 1.20. The number of hydrogen-bond acceptors (Lipinski definition) is 9. The fraction of sp³-hybridized carbons (Fsp3) is 0.409. The molecule has 0 radical (unpaired) electrons. The van der Waals surface area contributed by atoms with Gasteiger partial charge in [0.05, 0.1) is 5.69 Å². The van der Waals surface area contributed by atoms with Gasteiger partial charge in [0.15, 0.2) is 11.8 Å². The van der Waals surface area contributed by atoms with Crippen LogP contribution in [0.3, 0.4) is 0 Å². The molecule has 1 aliphatic heterocycles. The molecule has 2 N–H and O–H groups in total. The number of rotatable bonds is 4. The van der Waals surface area contributed by atoms with Crippen molar-refractivity contribution in [2.45, 2.75) is 46.5 Å². The van der Waals surface area contributed by atoms with Crippen LogP contribution in [-0.4, -0.2) is 38.6 Å². The third kappa shape index (κ3) is 4.99. The fourth-order valence-electron chi connectivity index (χ4n) is 3.08. The normalized spacial score (nSPS) is 14.0. The standard InChI is InChI=1S/C22H27N7OS/c1-13-12-17(14(2)11-16(13)25-20-23-9-6-10-24-20)30-21-26-19(29-31-21)15-7-8-18(28-27-15)22(3,4)5/h7-8,11-12H,6,9-10H2,1-5H3,(H2,23,24,25). The molecular weight excluding hydrogens is 410 g/mol. The number of anilines is 1. The molecular formula is C22H27N7OS. The molecule has 0 amide bonds. The molecule has 0 unspecified atom stereocenters. The second-order valence-electron chi connectivity index (χ2n) is 8.61. The first-order valence-electron chi connectivity index (χ1n) is 10.3. The third-order valence-electron chi connectivity index (χ3n) is 4.94. The van der Waals surface area contributed by atoms with Crippen molar-refractivity contribution in [1.82, 2.24) is 24.9 Å². The number of aliphatic imine (C=N–C) groups is 1. The Morgan fingerprint density at radius 3 is 2.61 bits per heavy atom. The van der Waals surface area contributed by atoms with Crippen LogP contribution in [0.5, 0.6) is 10.9 Å². The third-order valence-corrected chi connectivity index (χ3v) is 5.53. The van der Waals surface area contributed by atoms with E-state index >= 15 is 0 Å². The summed E-state index contributed by atoms with van der Waals surface area (Å²) in [6.07, 6.45) is 1.06. The van der Waals surface area contributed by atoms with Crippen LogP contribution in [0.15, 0.2) is 29.3 Å². The van der Waals surface area contributed by atoms with E-state index in [-0.39, 0.29) is 5.41 Å². The Morgan fingerprint density at radius 1 is 1.10 bits per heavy atom. The van der Waals surface area contributed by atoms with Crippen molar-refractivity contribution in [2.75, 3.05) is 18.4 Å².